The van der Waals surface area contributed by atoms with Gasteiger partial charge >= 0.3 is 0 Å². The monoisotopic (exact) mass is 706 g/mol. The Kier molecular flexibility index (Phi) is 6.82. The Morgan fingerprint density at radius 1 is 0.333 bits per heavy atom. The molecule has 4 nitrogen and oxygen atoms in total. The second-order valence-corrected chi connectivity index (χ2v) is 14.8. The van der Waals surface area contributed by atoms with Crippen molar-refractivity contribution in [3.8, 4) is 23.1 Å². The fourth-order valence-corrected chi connectivity index (χ4v) is 9.31. The third-order valence-corrected chi connectivity index (χ3v) is 11.7. The molecule has 0 aliphatic rings. The molecule has 0 unspecified atom stereocenters. The molecule has 11 rings (SSSR count). The van der Waals surface area contributed by atoms with Gasteiger partial charge in [0.05, 0.1) is 44.7 Å². The first-order valence-electron chi connectivity index (χ1n) is 18.1. The van der Waals surface area contributed by atoms with Gasteiger partial charge < -0.3 is 13.7 Å². The summed E-state index contributed by atoms with van der Waals surface area (Å²) in [6.07, 6.45) is 0. The summed E-state index contributed by atoms with van der Waals surface area (Å²) in [5, 5.41) is 16.8. The van der Waals surface area contributed by atoms with Gasteiger partial charge in [0.2, 0.25) is 0 Å². The second-order valence-electron chi connectivity index (χ2n) is 13.7. The topological polar surface area (TPSA) is 38.6 Å². The summed E-state index contributed by atoms with van der Waals surface area (Å²) in [6, 6.07) is 67.2. The number of rotatable bonds is 5. The molecule has 3 heterocycles. The van der Waals surface area contributed by atoms with E-state index in [1.807, 2.05) is 24.3 Å². The lowest BCUT2D eigenvalue weighted by atomic mass is 10.0. The summed E-state index contributed by atoms with van der Waals surface area (Å²) >= 11 is 1.70. The maximum absolute atomic E-state index is 9.26. The van der Waals surface area contributed by atoms with Gasteiger partial charge in [-0.1, -0.05) is 84.6 Å². The standard InChI is InChI=1S/C49H30N4S/c50-31-32-19-23-36(24-20-32)54-37-25-21-35(22-26-37)53-44-29-27-42-46(38-15-7-9-17-40(38)51(42)33-11-3-1-4-12-33)48(44)49-45(53)30-28-43-47(49)39-16-8-10-18-41(39)52(43)34-13-5-2-6-14-34/h1-30H. The highest BCUT2D eigenvalue weighted by Crippen LogP contribution is 2.47. The quantitative estimate of drug-likeness (QED) is 0.179. The Bertz CT molecular complexity index is 3100. The Balaban J connectivity index is 1.26. The minimum absolute atomic E-state index is 0.669. The molecular formula is C49H30N4S. The van der Waals surface area contributed by atoms with Crippen LogP contribution in [-0.4, -0.2) is 13.7 Å². The molecule has 0 aliphatic heterocycles. The molecule has 0 N–H and O–H groups in total. The van der Waals surface area contributed by atoms with Gasteiger partial charge in [0.1, 0.15) is 0 Å². The molecular weight excluding hydrogens is 677 g/mol. The van der Waals surface area contributed by atoms with Crippen molar-refractivity contribution < 1.29 is 0 Å². The summed E-state index contributed by atoms with van der Waals surface area (Å²) in [4.78, 5) is 2.25. The number of aromatic nitrogens is 3. The van der Waals surface area contributed by atoms with Gasteiger partial charge in [-0.15, -0.1) is 0 Å². The molecule has 54 heavy (non-hydrogen) atoms. The van der Waals surface area contributed by atoms with E-state index in [0.717, 1.165) is 26.9 Å². The van der Waals surface area contributed by atoms with E-state index in [1.165, 1.54) is 65.4 Å². The number of hydrogen-bond donors (Lipinski definition) is 0. The largest absolute Gasteiger partial charge is 0.309 e. The van der Waals surface area contributed by atoms with Crippen molar-refractivity contribution in [1.29, 1.82) is 5.26 Å². The summed E-state index contributed by atoms with van der Waals surface area (Å²) < 4.78 is 7.27. The zero-order chi connectivity index (χ0) is 35.8. The molecule has 3 aromatic heterocycles. The molecule has 0 amide bonds. The molecule has 0 radical (unpaired) electrons. The molecule has 0 aliphatic carbocycles. The number of nitriles is 1. The van der Waals surface area contributed by atoms with Crippen molar-refractivity contribution in [3.63, 3.8) is 0 Å². The van der Waals surface area contributed by atoms with Crippen molar-refractivity contribution >= 4 is 77.2 Å². The summed E-state index contributed by atoms with van der Waals surface area (Å²) in [5.41, 5.74) is 11.2. The maximum atomic E-state index is 9.26. The Morgan fingerprint density at radius 3 is 1.17 bits per heavy atom. The van der Waals surface area contributed by atoms with Crippen LogP contribution in [0, 0.1) is 11.3 Å². The van der Waals surface area contributed by atoms with E-state index < -0.39 is 0 Å². The minimum atomic E-state index is 0.669. The zero-order valence-corrected chi connectivity index (χ0v) is 29.8. The number of para-hydroxylation sites is 4. The maximum Gasteiger partial charge on any atom is 0.0991 e. The molecule has 0 atom stereocenters. The molecule has 0 bridgehead atoms. The van der Waals surface area contributed by atoms with E-state index >= 15 is 0 Å². The number of benzene rings is 8. The van der Waals surface area contributed by atoms with Gasteiger partial charge in [-0.25, -0.2) is 0 Å². The SMILES string of the molecule is N#Cc1ccc(Sc2ccc(-n3c4ccc5c(c6ccccc6n5-c5ccccc5)c4c4c5c6ccccc6n(-c6ccccc6)c5ccc43)cc2)cc1. The van der Waals surface area contributed by atoms with Gasteiger partial charge in [0.15, 0.2) is 0 Å². The van der Waals surface area contributed by atoms with Crippen LogP contribution in [0.25, 0.3) is 82.5 Å². The summed E-state index contributed by atoms with van der Waals surface area (Å²) in [5.74, 6) is 0. The first-order valence-corrected chi connectivity index (χ1v) is 18.9. The normalized spacial score (nSPS) is 11.8. The van der Waals surface area contributed by atoms with Gasteiger partial charge in [0, 0.05) is 59.2 Å². The fraction of sp³-hybridized carbons (Fsp3) is 0. The number of hydrogen-bond acceptors (Lipinski definition) is 2. The predicted molar refractivity (Wildman–Crippen MR) is 225 cm³/mol. The minimum Gasteiger partial charge on any atom is -0.309 e. The lowest BCUT2D eigenvalue weighted by Gasteiger charge is -2.10. The summed E-state index contributed by atoms with van der Waals surface area (Å²) in [6.45, 7) is 0. The summed E-state index contributed by atoms with van der Waals surface area (Å²) in [7, 11) is 0. The van der Waals surface area contributed by atoms with Crippen LogP contribution in [-0.2, 0) is 0 Å². The Hall–Kier alpha value is -7.00. The average Bonchev–Trinajstić information content (AvgIpc) is 3.87. The third kappa shape index (κ3) is 4.51. The van der Waals surface area contributed by atoms with E-state index in [1.54, 1.807) is 11.8 Å². The van der Waals surface area contributed by atoms with Gasteiger partial charge in [0.25, 0.3) is 0 Å². The second kappa shape index (κ2) is 12.0. The van der Waals surface area contributed by atoms with Crippen LogP contribution in [0.1, 0.15) is 5.56 Å². The number of nitrogens with zero attached hydrogens (tertiary/aromatic N) is 4. The highest BCUT2D eigenvalue weighted by molar-refractivity contribution is 7.99. The van der Waals surface area contributed by atoms with E-state index in [-0.39, 0.29) is 0 Å². The number of fused-ring (bicyclic) bond motifs is 11. The zero-order valence-electron chi connectivity index (χ0n) is 29.0. The molecule has 0 spiro atoms. The molecule has 11 aromatic rings. The first-order chi connectivity index (χ1) is 26.8. The van der Waals surface area contributed by atoms with Crippen molar-refractivity contribution in [2.24, 2.45) is 0 Å². The Morgan fingerprint density at radius 2 is 0.704 bits per heavy atom. The van der Waals surface area contributed by atoms with Gasteiger partial charge in [-0.2, -0.15) is 5.26 Å². The van der Waals surface area contributed by atoms with Crippen molar-refractivity contribution in [2.45, 2.75) is 9.79 Å². The van der Waals surface area contributed by atoms with E-state index in [9.17, 15) is 5.26 Å². The molecule has 8 aromatic carbocycles. The van der Waals surface area contributed by atoms with Gasteiger partial charge in [-0.05, 0) is 109 Å². The van der Waals surface area contributed by atoms with Crippen molar-refractivity contribution in [3.05, 3.63) is 188 Å². The van der Waals surface area contributed by atoms with Crippen LogP contribution >= 0.6 is 11.8 Å². The fourth-order valence-electron chi connectivity index (χ4n) is 8.49. The predicted octanol–water partition coefficient (Wildman–Crippen LogP) is 13.0. The first kappa shape index (κ1) is 30.6. The smallest absolute Gasteiger partial charge is 0.0991 e. The van der Waals surface area contributed by atoms with E-state index in [4.69, 9.17) is 0 Å². The van der Waals surface area contributed by atoms with Crippen molar-refractivity contribution in [2.75, 3.05) is 0 Å². The molecule has 0 saturated carbocycles. The van der Waals surface area contributed by atoms with Crippen LogP contribution in [0.2, 0.25) is 0 Å². The van der Waals surface area contributed by atoms with E-state index in [0.29, 0.717) is 5.56 Å². The van der Waals surface area contributed by atoms with Crippen LogP contribution < -0.4 is 0 Å². The lowest BCUT2D eigenvalue weighted by molar-refractivity contribution is 1.16. The molecule has 5 heteroatoms. The average molecular weight is 707 g/mol. The van der Waals surface area contributed by atoms with Crippen LogP contribution in [0.5, 0.6) is 0 Å². The third-order valence-electron chi connectivity index (χ3n) is 10.7. The van der Waals surface area contributed by atoms with Crippen LogP contribution in [0.4, 0.5) is 0 Å². The molecule has 252 valence electrons. The van der Waals surface area contributed by atoms with Crippen LogP contribution in [0.3, 0.4) is 0 Å². The Labute approximate surface area is 315 Å². The molecule has 0 fully saturated rings. The van der Waals surface area contributed by atoms with Crippen LogP contribution in [0.15, 0.2) is 192 Å². The molecule has 0 saturated heterocycles. The van der Waals surface area contributed by atoms with Crippen molar-refractivity contribution in [1.82, 2.24) is 13.7 Å². The van der Waals surface area contributed by atoms with Gasteiger partial charge in [-0.3, -0.25) is 0 Å². The highest BCUT2D eigenvalue weighted by Gasteiger charge is 2.24. The lowest BCUT2D eigenvalue weighted by Crippen LogP contribution is -1.95. The highest BCUT2D eigenvalue weighted by atomic mass is 32.2. The van der Waals surface area contributed by atoms with E-state index in [2.05, 4.69) is 177 Å².